The molecule has 36 heavy (non-hydrogen) atoms. The first-order valence-electron chi connectivity index (χ1n) is 11.1. The molecule has 7 nitrogen and oxygen atoms in total. The molecular formula is C26H27BrClN3O4S. The fourth-order valence-electron chi connectivity index (χ4n) is 3.68. The van der Waals surface area contributed by atoms with Crippen molar-refractivity contribution in [3.05, 3.63) is 93.4 Å². The summed E-state index contributed by atoms with van der Waals surface area (Å²) >= 11 is 9.70. The van der Waals surface area contributed by atoms with Gasteiger partial charge in [0.1, 0.15) is 12.6 Å². The number of sulfonamides is 1. The van der Waals surface area contributed by atoms with E-state index in [1.165, 1.54) is 24.1 Å². The Labute approximate surface area is 225 Å². The highest BCUT2D eigenvalue weighted by Crippen LogP contribution is 2.31. The van der Waals surface area contributed by atoms with Crippen molar-refractivity contribution in [2.75, 3.05) is 17.9 Å². The first kappa shape index (κ1) is 27.7. The van der Waals surface area contributed by atoms with Crippen LogP contribution in [0.2, 0.25) is 5.02 Å². The highest BCUT2D eigenvalue weighted by atomic mass is 79.9. The third kappa shape index (κ3) is 6.27. The number of amides is 2. The Kier molecular flexibility index (Phi) is 9.16. The van der Waals surface area contributed by atoms with Gasteiger partial charge in [0.05, 0.1) is 10.6 Å². The van der Waals surface area contributed by atoms with Crippen LogP contribution in [0.25, 0.3) is 0 Å². The molecule has 0 bridgehead atoms. The van der Waals surface area contributed by atoms with E-state index in [1.807, 2.05) is 24.3 Å². The van der Waals surface area contributed by atoms with Crippen LogP contribution in [0.5, 0.6) is 0 Å². The van der Waals surface area contributed by atoms with E-state index in [0.29, 0.717) is 10.6 Å². The van der Waals surface area contributed by atoms with Crippen LogP contribution in [-0.2, 0) is 26.2 Å². The SMILES string of the molecule is CNC(=O)[C@H](C)N(Cc1ccc(Br)cc1)C(=O)CN(c1cccc(Cl)c1C)S(=O)(=O)c1ccccc1. The number of anilines is 1. The molecule has 0 saturated carbocycles. The molecule has 3 aromatic carbocycles. The summed E-state index contributed by atoms with van der Waals surface area (Å²) in [7, 11) is -2.64. The van der Waals surface area contributed by atoms with Gasteiger partial charge in [-0.15, -0.1) is 0 Å². The number of benzene rings is 3. The average molecular weight is 593 g/mol. The van der Waals surface area contributed by atoms with Gasteiger partial charge in [0.15, 0.2) is 0 Å². The molecule has 0 spiro atoms. The van der Waals surface area contributed by atoms with Gasteiger partial charge in [-0.25, -0.2) is 8.42 Å². The predicted octanol–water partition coefficient (Wildman–Crippen LogP) is 4.77. The van der Waals surface area contributed by atoms with E-state index < -0.39 is 28.5 Å². The maximum Gasteiger partial charge on any atom is 0.264 e. The summed E-state index contributed by atoms with van der Waals surface area (Å²) in [6, 6.07) is 19.3. The molecular weight excluding hydrogens is 566 g/mol. The van der Waals surface area contributed by atoms with Gasteiger partial charge in [0, 0.05) is 23.1 Å². The van der Waals surface area contributed by atoms with Crippen molar-refractivity contribution in [2.45, 2.75) is 31.3 Å². The van der Waals surface area contributed by atoms with E-state index in [2.05, 4.69) is 21.2 Å². The molecule has 0 radical (unpaired) electrons. The maximum absolute atomic E-state index is 13.7. The summed E-state index contributed by atoms with van der Waals surface area (Å²) in [5.74, 6) is -0.898. The zero-order valence-electron chi connectivity index (χ0n) is 20.1. The first-order chi connectivity index (χ1) is 17.1. The van der Waals surface area contributed by atoms with Crippen LogP contribution in [0.15, 0.2) is 82.2 Å². The fraction of sp³-hybridized carbons (Fsp3) is 0.231. The van der Waals surface area contributed by atoms with E-state index in [1.54, 1.807) is 50.2 Å². The van der Waals surface area contributed by atoms with Gasteiger partial charge >= 0.3 is 0 Å². The number of likely N-dealkylation sites (N-methyl/N-ethyl adjacent to an activating group) is 1. The quantitative estimate of drug-likeness (QED) is 0.388. The minimum absolute atomic E-state index is 0.0379. The number of hydrogen-bond acceptors (Lipinski definition) is 4. The summed E-state index contributed by atoms with van der Waals surface area (Å²) in [5.41, 5.74) is 1.60. The van der Waals surface area contributed by atoms with Gasteiger partial charge in [-0.2, -0.15) is 0 Å². The second-order valence-corrected chi connectivity index (χ2v) is 11.3. The molecule has 0 heterocycles. The molecule has 10 heteroatoms. The highest BCUT2D eigenvalue weighted by molar-refractivity contribution is 9.10. The van der Waals surface area contributed by atoms with E-state index in [0.717, 1.165) is 14.3 Å². The minimum Gasteiger partial charge on any atom is -0.357 e. The van der Waals surface area contributed by atoms with Crippen LogP contribution in [0.3, 0.4) is 0 Å². The number of rotatable bonds is 9. The van der Waals surface area contributed by atoms with Crippen molar-refractivity contribution < 1.29 is 18.0 Å². The largest absolute Gasteiger partial charge is 0.357 e. The Bertz CT molecular complexity index is 1340. The normalized spacial score (nSPS) is 12.0. The predicted molar refractivity (Wildman–Crippen MR) is 145 cm³/mol. The minimum atomic E-state index is -4.13. The summed E-state index contributed by atoms with van der Waals surface area (Å²) in [4.78, 5) is 27.7. The van der Waals surface area contributed by atoms with E-state index in [-0.39, 0.29) is 23.0 Å². The smallest absolute Gasteiger partial charge is 0.264 e. The maximum atomic E-state index is 13.7. The molecule has 3 rings (SSSR count). The number of halogens is 2. The monoisotopic (exact) mass is 591 g/mol. The Hall–Kier alpha value is -2.88. The van der Waals surface area contributed by atoms with Gasteiger partial charge in [0.2, 0.25) is 11.8 Å². The molecule has 0 fully saturated rings. The third-order valence-electron chi connectivity index (χ3n) is 5.80. The van der Waals surface area contributed by atoms with Crippen molar-refractivity contribution in [2.24, 2.45) is 0 Å². The van der Waals surface area contributed by atoms with E-state index >= 15 is 0 Å². The van der Waals surface area contributed by atoms with Crippen molar-refractivity contribution >= 4 is 55.1 Å². The highest BCUT2D eigenvalue weighted by Gasteiger charge is 2.33. The zero-order chi connectivity index (χ0) is 26.5. The Morgan fingerprint density at radius 3 is 2.25 bits per heavy atom. The molecule has 0 unspecified atom stereocenters. The average Bonchev–Trinajstić information content (AvgIpc) is 2.88. The molecule has 190 valence electrons. The molecule has 0 aliphatic carbocycles. The lowest BCUT2D eigenvalue weighted by molar-refractivity contribution is -0.139. The van der Waals surface area contributed by atoms with Crippen molar-refractivity contribution in [3.63, 3.8) is 0 Å². The molecule has 0 aliphatic rings. The van der Waals surface area contributed by atoms with Crippen LogP contribution in [0.1, 0.15) is 18.1 Å². The molecule has 1 atom stereocenters. The number of carbonyl (C=O) groups excluding carboxylic acids is 2. The van der Waals surface area contributed by atoms with Gasteiger partial charge in [-0.3, -0.25) is 13.9 Å². The number of nitrogens with one attached hydrogen (secondary N) is 1. The second kappa shape index (κ2) is 11.9. The molecule has 2 amide bonds. The van der Waals surface area contributed by atoms with Crippen molar-refractivity contribution in [3.8, 4) is 0 Å². The second-order valence-electron chi connectivity index (χ2n) is 8.15. The fourth-order valence-corrected chi connectivity index (χ4v) is 5.60. The van der Waals surface area contributed by atoms with Gasteiger partial charge in [-0.1, -0.05) is 63.9 Å². The van der Waals surface area contributed by atoms with Crippen LogP contribution in [0, 0.1) is 6.92 Å². The van der Waals surface area contributed by atoms with Crippen LogP contribution < -0.4 is 9.62 Å². The molecule has 0 aromatic heterocycles. The Morgan fingerprint density at radius 2 is 1.64 bits per heavy atom. The van der Waals surface area contributed by atoms with E-state index in [9.17, 15) is 18.0 Å². The topological polar surface area (TPSA) is 86.8 Å². The zero-order valence-corrected chi connectivity index (χ0v) is 23.3. The van der Waals surface area contributed by atoms with Crippen molar-refractivity contribution in [1.82, 2.24) is 10.2 Å². The lowest BCUT2D eigenvalue weighted by Crippen LogP contribution is -2.50. The lowest BCUT2D eigenvalue weighted by Gasteiger charge is -2.32. The summed E-state index contributed by atoms with van der Waals surface area (Å²) < 4.78 is 29.4. The molecule has 1 N–H and O–H groups in total. The van der Waals surface area contributed by atoms with Gasteiger partial charge in [0.25, 0.3) is 10.0 Å². The van der Waals surface area contributed by atoms with Crippen molar-refractivity contribution in [1.29, 1.82) is 0 Å². The van der Waals surface area contributed by atoms with Crippen LogP contribution >= 0.6 is 27.5 Å². The van der Waals surface area contributed by atoms with Gasteiger partial charge < -0.3 is 10.2 Å². The van der Waals surface area contributed by atoms with Crippen LogP contribution in [-0.4, -0.2) is 44.8 Å². The standard InChI is InChI=1S/C26H27BrClN3O4S/c1-18-23(28)10-7-11-24(18)31(36(34,35)22-8-5-4-6-9-22)17-25(32)30(19(2)26(33)29-3)16-20-12-14-21(27)15-13-20/h4-15,19H,16-17H2,1-3H3,(H,29,33)/t19-/m0/s1. The Morgan fingerprint density at radius 1 is 1.00 bits per heavy atom. The molecule has 3 aromatic rings. The molecule has 0 aliphatic heterocycles. The first-order valence-corrected chi connectivity index (χ1v) is 13.8. The van der Waals surface area contributed by atoms with Gasteiger partial charge in [-0.05, 0) is 61.4 Å². The third-order valence-corrected chi connectivity index (χ3v) is 8.51. The summed E-state index contributed by atoms with van der Waals surface area (Å²) in [6.07, 6.45) is 0. The lowest BCUT2D eigenvalue weighted by atomic mass is 10.1. The molecule has 0 saturated heterocycles. The number of carbonyl (C=O) groups is 2. The number of nitrogens with zero attached hydrogens (tertiary/aromatic N) is 2. The summed E-state index contributed by atoms with van der Waals surface area (Å²) in [6.45, 7) is 2.91. The Balaban J connectivity index is 2.06. The summed E-state index contributed by atoms with van der Waals surface area (Å²) in [5, 5.41) is 2.94. The number of hydrogen-bond donors (Lipinski definition) is 1. The van der Waals surface area contributed by atoms with E-state index in [4.69, 9.17) is 11.6 Å². The van der Waals surface area contributed by atoms with Crippen LogP contribution in [0.4, 0.5) is 5.69 Å².